The van der Waals surface area contributed by atoms with Gasteiger partial charge in [0.05, 0.1) is 17.6 Å². The van der Waals surface area contributed by atoms with E-state index in [1.807, 2.05) is 49.4 Å². The van der Waals surface area contributed by atoms with E-state index in [9.17, 15) is 9.59 Å². The topological polar surface area (TPSA) is 61.2 Å². The van der Waals surface area contributed by atoms with Gasteiger partial charge in [0.15, 0.2) is 0 Å². The number of benzene rings is 2. The van der Waals surface area contributed by atoms with Crippen molar-refractivity contribution < 1.29 is 9.53 Å². The zero-order valence-corrected chi connectivity index (χ0v) is 13.9. The first kappa shape index (κ1) is 15.9. The molecule has 24 heavy (non-hydrogen) atoms. The Labute approximate surface area is 139 Å². The van der Waals surface area contributed by atoms with Gasteiger partial charge in [-0.15, -0.1) is 0 Å². The van der Waals surface area contributed by atoms with Crippen LogP contribution in [-0.2, 0) is 11.8 Å². The Kier molecular flexibility index (Phi) is 4.16. The van der Waals surface area contributed by atoms with Gasteiger partial charge in [-0.3, -0.25) is 4.79 Å². The Hall–Kier alpha value is -2.95. The van der Waals surface area contributed by atoms with Crippen LogP contribution in [-0.4, -0.2) is 22.1 Å². The molecule has 122 valence electrons. The molecule has 5 heteroatoms. The summed E-state index contributed by atoms with van der Waals surface area (Å²) in [4.78, 5) is 28.5. The minimum atomic E-state index is -0.692. The summed E-state index contributed by atoms with van der Waals surface area (Å²) in [5, 5.41) is 0. The normalized spacial score (nSPS) is 10.8. The molecule has 0 aliphatic carbocycles. The van der Waals surface area contributed by atoms with Gasteiger partial charge in [0, 0.05) is 7.05 Å². The minimum Gasteiger partial charge on any atom is -0.461 e. The Morgan fingerprint density at radius 1 is 1.12 bits per heavy atom. The average Bonchev–Trinajstić information content (AvgIpc) is 2.58. The number of aromatic nitrogens is 2. The van der Waals surface area contributed by atoms with Gasteiger partial charge in [-0.25, -0.2) is 9.78 Å². The molecule has 1 heterocycles. The van der Waals surface area contributed by atoms with Crippen molar-refractivity contribution in [1.29, 1.82) is 0 Å². The number of aryl methyl sites for hydroxylation is 2. The Balaban J connectivity index is 2.16. The van der Waals surface area contributed by atoms with Crippen molar-refractivity contribution in [3.8, 4) is 11.1 Å². The van der Waals surface area contributed by atoms with Crippen LogP contribution in [0.3, 0.4) is 0 Å². The van der Waals surface area contributed by atoms with Crippen molar-refractivity contribution in [2.24, 2.45) is 7.05 Å². The molecule has 2 aromatic carbocycles. The Bertz CT molecular complexity index is 972. The van der Waals surface area contributed by atoms with Crippen molar-refractivity contribution in [3.05, 3.63) is 64.1 Å². The minimum absolute atomic E-state index is 0.185. The molecule has 0 bridgehead atoms. The van der Waals surface area contributed by atoms with Crippen LogP contribution in [0.15, 0.2) is 47.3 Å². The molecule has 0 saturated carbocycles. The number of fused-ring (bicyclic) bond motifs is 1. The maximum atomic E-state index is 12.4. The number of esters is 1. The lowest BCUT2D eigenvalue weighted by Crippen LogP contribution is -2.27. The highest BCUT2D eigenvalue weighted by Crippen LogP contribution is 2.23. The van der Waals surface area contributed by atoms with Crippen LogP contribution in [0.2, 0.25) is 0 Å². The molecule has 0 unspecified atom stereocenters. The second-order valence-corrected chi connectivity index (χ2v) is 5.61. The lowest BCUT2D eigenvalue weighted by molar-refractivity contribution is 0.0517. The lowest BCUT2D eigenvalue weighted by atomic mass is 10.0. The number of carbonyl (C=O) groups is 1. The lowest BCUT2D eigenvalue weighted by Gasteiger charge is -2.09. The van der Waals surface area contributed by atoms with Crippen molar-refractivity contribution in [1.82, 2.24) is 9.55 Å². The first-order valence-electron chi connectivity index (χ1n) is 7.76. The van der Waals surface area contributed by atoms with Crippen LogP contribution in [0.5, 0.6) is 0 Å². The highest BCUT2D eigenvalue weighted by molar-refractivity contribution is 5.90. The fraction of sp³-hybridized carbons (Fsp3) is 0.211. The third-order valence-corrected chi connectivity index (χ3v) is 3.93. The molecule has 0 N–H and O–H groups in total. The van der Waals surface area contributed by atoms with E-state index in [1.54, 1.807) is 14.0 Å². The zero-order chi connectivity index (χ0) is 17.3. The molecule has 0 fully saturated rings. The van der Waals surface area contributed by atoms with Gasteiger partial charge in [0.1, 0.15) is 0 Å². The molecule has 0 amide bonds. The smallest absolute Gasteiger partial charge is 0.362 e. The molecule has 0 spiro atoms. The van der Waals surface area contributed by atoms with Gasteiger partial charge < -0.3 is 9.30 Å². The van der Waals surface area contributed by atoms with E-state index in [4.69, 9.17) is 4.74 Å². The third-order valence-electron chi connectivity index (χ3n) is 3.93. The van der Waals surface area contributed by atoms with Gasteiger partial charge in [0.2, 0.25) is 5.69 Å². The van der Waals surface area contributed by atoms with Crippen LogP contribution in [0.4, 0.5) is 0 Å². The molecule has 0 radical (unpaired) electrons. The molecular weight excluding hydrogens is 304 g/mol. The maximum Gasteiger partial charge on any atom is 0.362 e. The van der Waals surface area contributed by atoms with Gasteiger partial charge in [-0.2, -0.15) is 0 Å². The number of hydrogen-bond donors (Lipinski definition) is 0. The van der Waals surface area contributed by atoms with Crippen LogP contribution in [0.25, 0.3) is 22.2 Å². The van der Waals surface area contributed by atoms with E-state index in [0.29, 0.717) is 11.0 Å². The highest BCUT2D eigenvalue weighted by atomic mass is 16.5. The average molecular weight is 322 g/mol. The summed E-state index contributed by atoms with van der Waals surface area (Å²) in [5.74, 6) is -0.692. The van der Waals surface area contributed by atoms with Gasteiger partial charge >= 0.3 is 5.97 Å². The van der Waals surface area contributed by atoms with Crippen LogP contribution >= 0.6 is 0 Å². The second-order valence-electron chi connectivity index (χ2n) is 5.61. The second kappa shape index (κ2) is 6.28. The van der Waals surface area contributed by atoms with E-state index >= 15 is 0 Å². The molecule has 0 aliphatic rings. The third kappa shape index (κ3) is 2.80. The van der Waals surface area contributed by atoms with Gasteiger partial charge in [0.25, 0.3) is 5.56 Å². The molecule has 3 rings (SSSR count). The largest absolute Gasteiger partial charge is 0.461 e. The predicted octanol–water partition coefficient (Wildman–Crippen LogP) is 3.09. The highest BCUT2D eigenvalue weighted by Gasteiger charge is 2.17. The predicted molar refractivity (Wildman–Crippen MR) is 93.1 cm³/mol. The molecule has 0 aliphatic heterocycles. The molecule has 3 aromatic rings. The monoisotopic (exact) mass is 322 g/mol. The number of rotatable bonds is 3. The molecule has 0 saturated heterocycles. The van der Waals surface area contributed by atoms with Gasteiger partial charge in [-0.1, -0.05) is 35.9 Å². The van der Waals surface area contributed by atoms with Crippen molar-refractivity contribution in [2.45, 2.75) is 13.8 Å². The summed E-state index contributed by atoms with van der Waals surface area (Å²) >= 11 is 0. The first-order valence-corrected chi connectivity index (χ1v) is 7.76. The van der Waals surface area contributed by atoms with E-state index < -0.39 is 11.5 Å². The molecule has 0 atom stereocenters. The summed E-state index contributed by atoms with van der Waals surface area (Å²) in [6.07, 6.45) is 0. The SMILES string of the molecule is CCOC(=O)c1nc2ccc(-c3ccc(C)cc3)cc2n(C)c1=O. The molecule has 5 nitrogen and oxygen atoms in total. The first-order chi connectivity index (χ1) is 11.5. The summed E-state index contributed by atoms with van der Waals surface area (Å²) < 4.78 is 6.34. The van der Waals surface area contributed by atoms with E-state index in [-0.39, 0.29) is 12.3 Å². The summed E-state index contributed by atoms with van der Waals surface area (Å²) in [6.45, 7) is 3.93. The Morgan fingerprint density at radius 3 is 2.46 bits per heavy atom. The maximum absolute atomic E-state index is 12.4. The molecular formula is C19H18N2O3. The fourth-order valence-electron chi connectivity index (χ4n) is 2.58. The zero-order valence-electron chi connectivity index (χ0n) is 13.9. The standard InChI is InChI=1S/C19H18N2O3/c1-4-24-19(23)17-18(22)21(3)16-11-14(9-10-15(16)20-17)13-7-5-12(2)6-8-13/h5-11H,4H2,1-3H3. The number of carbonyl (C=O) groups excluding carboxylic acids is 1. The number of ether oxygens (including phenoxy) is 1. The fourth-order valence-corrected chi connectivity index (χ4v) is 2.58. The van der Waals surface area contributed by atoms with E-state index in [0.717, 1.165) is 11.1 Å². The summed E-state index contributed by atoms with van der Waals surface area (Å²) in [5.41, 5.74) is 3.85. The summed E-state index contributed by atoms with van der Waals surface area (Å²) in [6, 6.07) is 13.8. The number of hydrogen-bond acceptors (Lipinski definition) is 4. The van der Waals surface area contributed by atoms with Crippen LogP contribution in [0, 0.1) is 6.92 Å². The number of nitrogens with zero attached hydrogens (tertiary/aromatic N) is 2. The van der Waals surface area contributed by atoms with Gasteiger partial charge in [-0.05, 0) is 37.1 Å². The molecule has 1 aromatic heterocycles. The van der Waals surface area contributed by atoms with E-state index in [1.165, 1.54) is 10.1 Å². The Morgan fingerprint density at radius 2 is 1.79 bits per heavy atom. The summed E-state index contributed by atoms with van der Waals surface area (Å²) in [7, 11) is 1.63. The van der Waals surface area contributed by atoms with Crippen LogP contribution in [0.1, 0.15) is 23.0 Å². The van der Waals surface area contributed by atoms with E-state index in [2.05, 4.69) is 4.98 Å². The van der Waals surface area contributed by atoms with Crippen molar-refractivity contribution >= 4 is 17.0 Å². The quantitative estimate of drug-likeness (QED) is 0.695. The van der Waals surface area contributed by atoms with Crippen molar-refractivity contribution in [3.63, 3.8) is 0 Å². The van der Waals surface area contributed by atoms with Crippen molar-refractivity contribution in [2.75, 3.05) is 6.61 Å². The van der Waals surface area contributed by atoms with Crippen LogP contribution < -0.4 is 5.56 Å².